The van der Waals surface area contributed by atoms with E-state index >= 15 is 0 Å². The summed E-state index contributed by atoms with van der Waals surface area (Å²) >= 11 is 0. The van der Waals surface area contributed by atoms with E-state index in [2.05, 4.69) is 19.2 Å². The highest BCUT2D eigenvalue weighted by Crippen LogP contribution is 2.21. The number of anilines is 1. The number of nitrogens with one attached hydrogen (secondary N) is 1. The first kappa shape index (κ1) is 14.3. The average molecular weight is 254 g/mol. The molecule has 1 amide bonds. The summed E-state index contributed by atoms with van der Waals surface area (Å²) in [6, 6.07) is 3.81. The summed E-state index contributed by atoms with van der Waals surface area (Å²) < 4.78 is 18.1. The molecule has 3 N–H and O–H groups in total. The second-order valence-corrected chi connectivity index (χ2v) is 4.50. The molecule has 100 valence electrons. The van der Waals surface area contributed by atoms with Gasteiger partial charge in [-0.3, -0.25) is 4.79 Å². The Morgan fingerprint density at radius 3 is 2.89 bits per heavy atom. The van der Waals surface area contributed by atoms with Crippen LogP contribution in [0.4, 0.5) is 10.1 Å². The summed E-state index contributed by atoms with van der Waals surface area (Å²) in [7, 11) is 0. The third-order valence-corrected chi connectivity index (χ3v) is 2.38. The number of nitrogens with two attached hydrogens (primary N) is 1. The molecule has 0 bridgehead atoms. The maximum absolute atomic E-state index is 12.9. The van der Waals surface area contributed by atoms with Crippen molar-refractivity contribution in [3.8, 4) is 5.75 Å². The van der Waals surface area contributed by atoms with Crippen LogP contribution in [-0.4, -0.2) is 19.1 Å². The minimum absolute atomic E-state index is 0.161. The molecule has 1 aromatic carbocycles. The van der Waals surface area contributed by atoms with E-state index < -0.39 is 5.82 Å². The second-order valence-electron chi connectivity index (χ2n) is 4.50. The molecular formula is C13H19FN2O2. The highest BCUT2D eigenvalue weighted by Gasteiger charge is 2.06. The highest BCUT2D eigenvalue weighted by atomic mass is 19.1. The molecule has 0 aliphatic carbocycles. The van der Waals surface area contributed by atoms with Crippen LogP contribution < -0.4 is 15.8 Å². The molecule has 0 saturated heterocycles. The van der Waals surface area contributed by atoms with E-state index in [0.717, 1.165) is 12.5 Å². The lowest BCUT2D eigenvalue weighted by molar-refractivity contribution is -0.123. The van der Waals surface area contributed by atoms with Gasteiger partial charge >= 0.3 is 0 Å². The minimum atomic E-state index is -0.445. The molecule has 0 atom stereocenters. The minimum Gasteiger partial charge on any atom is -0.482 e. The van der Waals surface area contributed by atoms with Crippen LogP contribution in [0.25, 0.3) is 0 Å². The zero-order valence-corrected chi connectivity index (χ0v) is 10.7. The molecule has 0 aliphatic rings. The number of carbonyl (C=O) groups excluding carboxylic acids is 1. The van der Waals surface area contributed by atoms with Crippen LogP contribution in [0.3, 0.4) is 0 Å². The lowest BCUT2D eigenvalue weighted by Gasteiger charge is -2.10. The number of hydrogen-bond donors (Lipinski definition) is 2. The smallest absolute Gasteiger partial charge is 0.257 e. The third-order valence-electron chi connectivity index (χ3n) is 2.38. The lowest BCUT2D eigenvalue weighted by Crippen LogP contribution is -2.30. The fourth-order valence-corrected chi connectivity index (χ4v) is 1.33. The van der Waals surface area contributed by atoms with Gasteiger partial charge in [-0.25, -0.2) is 4.39 Å². The molecule has 1 aromatic rings. The van der Waals surface area contributed by atoms with Gasteiger partial charge in [0.2, 0.25) is 0 Å². The van der Waals surface area contributed by atoms with Crippen molar-refractivity contribution >= 4 is 11.6 Å². The van der Waals surface area contributed by atoms with E-state index in [9.17, 15) is 9.18 Å². The number of nitrogen functional groups attached to an aromatic ring is 1. The van der Waals surface area contributed by atoms with E-state index in [1.54, 1.807) is 0 Å². The fourth-order valence-electron chi connectivity index (χ4n) is 1.33. The molecular weight excluding hydrogens is 235 g/mol. The second kappa shape index (κ2) is 6.83. The average Bonchev–Trinajstić information content (AvgIpc) is 2.30. The van der Waals surface area contributed by atoms with Gasteiger partial charge in [-0.15, -0.1) is 0 Å². The standard InChI is InChI=1S/C13H19FN2O2/c1-9(2)5-6-16-13(17)8-18-12-7-10(14)3-4-11(12)15/h3-4,7,9H,5-6,8,15H2,1-2H3,(H,16,17). The van der Waals surface area contributed by atoms with Crippen molar-refractivity contribution in [1.29, 1.82) is 0 Å². The lowest BCUT2D eigenvalue weighted by atomic mass is 10.1. The van der Waals surface area contributed by atoms with E-state index in [-0.39, 0.29) is 18.3 Å². The Morgan fingerprint density at radius 1 is 1.50 bits per heavy atom. The number of hydrogen-bond acceptors (Lipinski definition) is 3. The van der Waals surface area contributed by atoms with Crippen molar-refractivity contribution in [2.45, 2.75) is 20.3 Å². The summed E-state index contributed by atoms with van der Waals surface area (Å²) in [5.74, 6) is 0.0396. The van der Waals surface area contributed by atoms with E-state index in [4.69, 9.17) is 10.5 Å². The van der Waals surface area contributed by atoms with E-state index in [0.29, 0.717) is 18.2 Å². The quantitative estimate of drug-likeness (QED) is 0.763. The zero-order valence-electron chi connectivity index (χ0n) is 10.7. The molecule has 0 saturated carbocycles. The Morgan fingerprint density at radius 2 is 2.22 bits per heavy atom. The van der Waals surface area contributed by atoms with Gasteiger partial charge in [0.1, 0.15) is 11.6 Å². The molecule has 5 heteroatoms. The summed E-state index contributed by atoms with van der Waals surface area (Å²) in [6.07, 6.45) is 0.911. The fraction of sp³-hybridized carbons (Fsp3) is 0.462. The van der Waals surface area contributed by atoms with Crippen molar-refractivity contribution in [2.24, 2.45) is 5.92 Å². The Labute approximate surface area is 106 Å². The zero-order chi connectivity index (χ0) is 13.5. The van der Waals surface area contributed by atoms with Gasteiger partial charge in [-0.05, 0) is 24.5 Å². The molecule has 0 unspecified atom stereocenters. The molecule has 1 rings (SSSR count). The highest BCUT2D eigenvalue weighted by molar-refractivity contribution is 5.77. The maximum Gasteiger partial charge on any atom is 0.257 e. The number of halogens is 1. The van der Waals surface area contributed by atoms with Gasteiger partial charge in [-0.2, -0.15) is 0 Å². The number of carbonyl (C=O) groups is 1. The van der Waals surface area contributed by atoms with Crippen LogP contribution in [0.15, 0.2) is 18.2 Å². The largest absolute Gasteiger partial charge is 0.482 e. The van der Waals surface area contributed by atoms with Crippen LogP contribution in [0.5, 0.6) is 5.75 Å². The molecule has 0 aromatic heterocycles. The summed E-state index contributed by atoms with van der Waals surface area (Å²) in [4.78, 5) is 11.4. The maximum atomic E-state index is 12.9. The first-order valence-electron chi connectivity index (χ1n) is 5.93. The molecule has 0 radical (unpaired) electrons. The predicted octanol–water partition coefficient (Wildman–Crippen LogP) is 1.95. The van der Waals surface area contributed by atoms with Crippen molar-refractivity contribution in [2.75, 3.05) is 18.9 Å². The molecule has 4 nitrogen and oxygen atoms in total. The molecule has 0 fully saturated rings. The topological polar surface area (TPSA) is 64.3 Å². The van der Waals surface area contributed by atoms with Gasteiger partial charge < -0.3 is 15.8 Å². The summed E-state index contributed by atoms with van der Waals surface area (Å²) in [6.45, 7) is 4.61. The first-order valence-corrected chi connectivity index (χ1v) is 5.93. The first-order chi connectivity index (χ1) is 8.49. The van der Waals surface area contributed by atoms with Crippen molar-refractivity contribution in [3.05, 3.63) is 24.0 Å². The predicted molar refractivity (Wildman–Crippen MR) is 68.8 cm³/mol. The molecule has 18 heavy (non-hydrogen) atoms. The molecule has 0 heterocycles. The van der Waals surface area contributed by atoms with Gasteiger partial charge in [0.25, 0.3) is 5.91 Å². The third kappa shape index (κ3) is 5.03. The van der Waals surface area contributed by atoms with Gasteiger partial charge in [0.15, 0.2) is 6.61 Å². The van der Waals surface area contributed by atoms with E-state index in [1.165, 1.54) is 12.1 Å². The van der Waals surface area contributed by atoms with Gasteiger partial charge in [0, 0.05) is 12.6 Å². The number of benzene rings is 1. The Balaban J connectivity index is 2.36. The van der Waals surface area contributed by atoms with Crippen molar-refractivity contribution in [3.63, 3.8) is 0 Å². The molecule has 0 spiro atoms. The Bertz CT molecular complexity index is 408. The Kier molecular flexibility index (Phi) is 5.42. The number of ether oxygens (including phenoxy) is 1. The monoisotopic (exact) mass is 254 g/mol. The van der Waals surface area contributed by atoms with Crippen LogP contribution in [-0.2, 0) is 4.79 Å². The van der Waals surface area contributed by atoms with Crippen LogP contribution >= 0.6 is 0 Å². The Hall–Kier alpha value is -1.78. The number of amides is 1. The molecule has 0 aliphatic heterocycles. The van der Waals surface area contributed by atoms with E-state index in [1.807, 2.05) is 0 Å². The van der Waals surface area contributed by atoms with Crippen LogP contribution in [0.2, 0.25) is 0 Å². The van der Waals surface area contributed by atoms with Crippen LogP contribution in [0.1, 0.15) is 20.3 Å². The SMILES string of the molecule is CC(C)CCNC(=O)COc1cc(F)ccc1N. The van der Waals surface area contributed by atoms with Crippen LogP contribution in [0, 0.1) is 11.7 Å². The normalized spacial score (nSPS) is 10.4. The summed E-state index contributed by atoms with van der Waals surface area (Å²) in [5, 5.41) is 2.72. The van der Waals surface area contributed by atoms with Gasteiger partial charge in [0.05, 0.1) is 5.69 Å². The number of rotatable bonds is 6. The van der Waals surface area contributed by atoms with Crippen molar-refractivity contribution in [1.82, 2.24) is 5.32 Å². The van der Waals surface area contributed by atoms with Crippen molar-refractivity contribution < 1.29 is 13.9 Å². The summed E-state index contributed by atoms with van der Waals surface area (Å²) in [5.41, 5.74) is 5.90. The van der Waals surface area contributed by atoms with Gasteiger partial charge in [-0.1, -0.05) is 13.8 Å².